The maximum atomic E-state index is 10.1. The highest BCUT2D eigenvalue weighted by atomic mass is 32.1. The standard InChI is InChI=1S/C2H5O3PS/c1-5-6(3,4)2-7/h2H,1H3,(H,3,4). The van der Waals surface area contributed by atoms with Crippen LogP contribution in [0.2, 0.25) is 0 Å². The summed E-state index contributed by atoms with van der Waals surface area (Å²) in [5.74, 6) is 0. The van der Waals surface area contributed by atoms with E-state index in [0.717, 1.165) is 7.11 Å². The SMILES string of the molecule is COP(=O)(O)C=S. The van der Waals surface area contributed by atoms with Gasteiger partial charge in [-0.25, -0.2) is 0 Å². The molecule has 0 aliphatic heterocycles. The molecule has 0 fully saturated rings. The monoisotopic (exact) mass is 140 g/mol. The lowest BCUT2D eigenvalue weighted by atomic mass is 11.8. The van der Waals surface area contributed by atoms with Crippen molar-refractivity contribution in [3.8, 4) is 0 Å². The van der Waals surface area contributed by atoms with Crippen molar-refractivity contribution >= 4 is 24.9 Å². The molecule has 7 heavy (non-hydrogen) atoms. The van der Waals surface area contributed by atoms with Crippen LogP contribution in [0.25, 0.3) is 0 Å². The normalized spacial score (nSPS) is 18.0. The highest BCUT2D eigenvalue weighted by molar-refractivity contribution is 7.94. The molecule has 0 aromatic rings. The van der Waals surface area contributed by atoms with Crippen LogP contribution in [-0.4, -0.2) is 17.1 Å². The van der Waals surface area contributed by atoms with Crippen LogP contribution in [-0.2, 0) is 9.09 Å². The van der Waals surface area contributed by atoms with Crippen LogP contribution in [0.4, 0.5) is 0 Å². The van der Waals surface area contributed by atoms with E-state index in [-0.39, 0.29) is 0 Å². The van der Waals surface area contributed by atoms with E-state index in [1.54, 1.807) is 0 Å². The van der Waals surface area contributed by atoms with E-state index in [9.17, 15) is 4.57 Å². The average Bonchev–Trinajstić information content (AvgIpc) is 1.68. The van der Waals surface area contributed by atoms with Gasteiger partial charge in [0, 0.05) is 7.11 Å². The molecule has 1 N–H and O–H groups in total. The molecule has 0 aliphatic rings. The van der Waals surface area contributed by atoms with Gasteiger partial charge < -0.3 is 9.42 Å². The topological polar surface area (TPSA) is 46.5 Å². The van der Waals surface area contributed by atoms with Gasteiger partial charge in [0.1, 0.15) is 0 Å². The van der Waals surface area contributed by atoms with Gasteiger partial charge in [0.2, 0.25) is 0 Å². The Morgan fingerprint density at radius 1 is 2.00 bits per heavy atom. The molecule has 0 bridgehead atoms. The maximum Gasteiger partial charge on any atom is 0.361 e. The Morgan fingerprint density at radius 2 is 2.43 bits per heavy atom. The molecule has 0 radical (unpaired) electrons. The Hall–Kier alpha value is 0.240. The minimum absolute atomic E-state index is 0.715. The van der Waals surface area contributed by atoms with E-state index in [0.29, 0.717) is 5.11 Å². The van der Waals surface area contributed by atoms with Crippen LogP contribution in [0, 0.1) is 0 Å². The smallest absolute Gasteiger partial charge is 0.321 e. The van der Waals surface area contributed by atoms with Crippen molar-refractivity contribution in [1.82, 2.24) is 0 Å². The summed E-state index contributed by atoms with van der Waals surface area (Å²) in [6, 6.07) is 0. The lowest BCUT2D eigenvalue weighted by Crippen LogP contribution is -1.79. The second-order valence-electron chi connectivity index (χ2n) is 0.852. The van der Waals surface area contributed by atoms with Gasteiger partial charge in [-0.1, -0.05) is 12.2 Å². The summed E-state index contributed by atoms with van der Waals surface area (Å²) in [5, 5.41) is 0.715. The molecule has 0 aliphatic carbocycles. The van der Waals surface area contributed by atoms with Crippen molar-refractivity contribution < 1.29 is 14.0 Å². The number of thiocarbonyl (C=S) groups is 1. The highest BCUT2D eigenvalue weighted by Gasteiger charge is 2.09. The molecule has 0 amide bonds. The van der Waals surface area contributed by atoms with E-state index in [1.165, 1.54) is 0 Å². The highest BCUT2D eigenvalue weighted by Crippen LogP contribution is 2.36. The van der Waals surface area contributed by atoms with E-state index < -0.39 is 7.60 Å². The van der Waals surface area contributed by atoms with Crippen molar-refractivity contribution in [2.75, 3.05) is 7.11 Å². The fourth-order valence-electron chi connectivity index (χ4n) is 0.0430. The van der Waals surface area contributed by atoms with Gasteiger partial charge in [-0.05, 0) is 0 Å². The molecule has 0 heterocycles. The summed E-state index contributed by atoms with van der Waals surface area (Å²) in [7, 11) is -2.34. The molecule has 3 nitrogen and oxygen atoms in total. The van der Waals surface area contributed by atoms with Gasteiger partial charge in [-0.15, -0.1) is 0 Å². The summed E-state index contributed by atoms with van der Waals surface area (Å²) >= 11 is 4.12. The summed E-state index contributed by atoms with van der Waals surface area (Å²) < 4.78 is 14.2. The van der Waals surface area contributed by atoms with Crippen LogP contribution in [0.5, 0.6) is 0 Å². The average molecular weight is 140 g/mol. The summed E-state index contributed by atoms with van der Waals surface area (Å²) in [6.45, 7) is 0. The Kier molecular flexibility index (Phi) is 2.61. The fraction of sp³-hybridized carbons (Fsp3) is 0.500. The summed E-state index contributed by atoms with van der Waals surface area (Å²) in [6.07, 6.45) is 0. The molecule has 1 unspecified atom stereocenters. The lowest BCUT2D eigenvalue weighted by Gasteiger charge is -1.96. The van der Waals surface area contributed by atoms with E-state index in [4.69, 9.17) is 4.89 Å². The second kappa shape index (κ2) is 2.52. The molecule has 0 aromatic carbocycles. The van der Waals surface area contributed by atoms with Gasteiger partial charge in [-0.2, -0.15) is 0 Å². The minimum atomic E-state index is -3.46. The zero-order chi connectivity index (χ0) is 5.91. The van der Waals surface area contributed by atoms with Crippen molar-refractivity contribution in [2.24, 2.45) is 0 Å². The predicted octanol–water partition coefficient (Wildman–Crippen LogP) is 0.775. The van der Waals surface area contributed by atoms with Crippen LogP contribution in [0.1, 0.15) is 0 Å². The van der Waals surface area contributed by atoms with Crippen LogP contribution in [0.15, 0.2) is 0 Å². The van der Waals surface area contributed by atoms with E-state index in [2.05, 4.69) is 16.7 Å². The Balaban J connectivity index is 3.85. The number of hydrogen-bond acceptors (Lipinski definition) is 3. The van der Waals surface area contributed by atoms with Gasteiger partial charge in [0.25, 0.3) is 0 Å². The first-order valence-corrected chi connectivity index (χ1v) is 3.59. The van der Waals surface area contributed by atoms with Crippen LogP contribution >= 0.6 is 19.8 Å². The molecule has 0 spiro atoms. The molecule has 0 saturated heterocycles. The molecule has 42 valence electrons. The third-order valence-electron chi connectivity index (χ3n) is 0.395. The van der Waals surface area contributed by atoms with E-state index >= 15 is 0 Å². The molecular formula is C2H5O3PS. The lowest BCUT2D eigenvalue weighted by molar-refractivity contribution is 0.333. The number of rotatable bonds is 2. The predicted molar refractivity (Wildman–Crippen MR) is 30.5 cm³/mol. The number of hydrogen-bond donors (Lipinski definition) is 1. The Bertz CT molecular complexity index is 112. The Labute approximate surface area is 46.8 Å². The van der Waals surface area contributed by atoms with Gasteiger partial charge in [0.15, 0.2) is 0 Å². The quantitative estimate of drug-likeness (QED) is 0.454. The van der Waals surface area contributed by atoms with Crippen molar-refractivity contribution in [1.29, 1.82) is 0 Å². The molecular weight excluding hydrogens is 135 g/mol. The Morgan fingerprint density at radius 3 is 2.43 bits per heavy atom. The van der Waals surface area contributed by atoms with Crippen molar-refractivity contribution in [3.05, 3.63) is 0 Å². The summed E-state index contributed by atoms with van der Waals surface area (Å²) in [5.41, 5.74) is 0. The minimum Gasteiger partial charge on any atom is -0.321 e. The zero-order valence-corrected chi connectivity index (χ0v) is 5.41. The largest absolute Gasteiger partial charge is 0.361 e. The molecule has 5 heteroatoms. The van der Waals surface area contributed by atoms with Crippen LogP contribution in [0.3, 0.4) is 0 Å². The first kappa shape index (κ1) is 7.24. The third kappa shape index (κ3) is 2.88. The summed E-state index contributed by atoms with van der Waals surface area (Å²) in [4.78, 5) is 8.31. The molecule has 0 saturated carbocycles. The molecule has 0 aromatic heterocycles. The zero-order valence-electron chi connectivity index (χ0n) is 3.70. The second-order valence-corrected chi connectivity index (χ2v) is 3.19. The van der Waals surface area contributed by atoms with Crippen LogP contribution < -0.4 is 0 Å². The third-order valence-corrected chi connectivity index (χ3v) is 1.98. The maximum absolute atomic E-state index is 10.1. The molecule has 1 atom stereocenters. The van der Waals surface area contributed by atoms with Crippen molar-refractivity contribution in [3.63, 3.8) is 0 Å². The van der Waals surface area contributed by atoms with Gasteiger partial charge >= 0.3 is 7.60 Å². The molecule has 0 rings (SSSR count). The first-order valence-electron chi connectivity index (χ1n) is 1.47. The van der Waals surface area contributed by atoms with Crippen molar-refractivity contribution in [2.45, 2.75) is 0 Å². The van der Waals surface area contributed by atoms with E-state index in [1.807, 2.05) is 0 Å². The first-order chi connectivity index (χ1) is 3.12. The van der Waals surface area contributed by atoms with Gasteiger partial charge in [-0.3, -0.25) is 4.57 Å². The fourth-order valence-corrected chi connectivity index (χ4v) is 0.387. The van der Waals surface area contributed by atoms with Gasteiger partial charge in [0.05, 0.1) is 5.11 Å².